The smallest absolute Gasteiger partial charge is 0.130 e. The first kappa shape index (κ1) is 16.3. The van der Waals surface area contributed by atoms with Gasteiger partial charge in [-0.25, -0.2) is 0 Å². The topological polar surface area (TPSA) is 40.5 Å². The third-order valence-electron chi connectivity index (χ3n) is 4.57. The van der Waals surface area contributed by atoms with Crippen molar-refractivity contribution in [3.8, 4) is 11.5 Å². The number of hydrogen-bond acceptors (Lipinski definition) is 4. The highest BCUT2D eigenvalue weighted by atomic mass is 32.2. The molecule has 2 nitrogen and oxygen atoms in total. The molecule has 0 heterocycles. The Labute approximate surface area is 142 Å². The zero-order chi connectivity index (χ0) is 15.4. The van der Waals surface area contributed by atoms with E-state index in [4.69, 9.17) is 0 Å². The Hall–Kier alpha value is -0.610. The van der Waals surface area contributed by atoms with Gasteiger partial charge in [-0.05, 0) is 37.8 Å². The third-order valence-corrected chi connectivity index (χ3v) is 7.34. The van der Waals surface area contributed by atoms with Gasteiger partial charge in [-0.15, -0.1) is 23.5 Å². The van der Waals surface area contributed by atoms with Crippen LogP contribution in [0.3, 0.4) is 0 Å². The first-order chi connectivity index (χ1) is 10.7. The number of phenols is 2. The summed E-state index contributed by atoms with van der Waals surface area (Å²) in [6.45, 7) is 0. The van der Waals surface area contributed by atoms with Crippen molar-refractivity contribution in [1.82, 2.24) is 0 Å². The predicted octanol–water partition coefficient (Wildman–Crippen LogP) is 5.76. The van der Waals surface area contributed by atoms with Crippen molar-refractivity contribution < 1.29 is 10.2 Å². The normalized spacial score (nSPS) is 20.7. The van der Waals surface area contributed by atoms with Gasteiger partial charge in [-0.3, -0.25) is 0 Å². The monoisotopic (exact) mass is 337 g/mol. The van der Waals surface area contributed by atoms with Gasteiger partial charge in [-0.1, -0.05) is 19.3 Å². The molecular formula is C18H25O2S2+. The fraction of sp³-hybridized carbons (Fsp3) is 0.611. The van der Waals surface area contributed by atoms with Crippen LogP contribution in [0.25, 0.3) is 0 Å². The quantitative estimate of drug-likeness (QED) is 0.541. The maximum atomic E-state index is 10.3. The predicted molar refractivity (Wildman–Crippen MR) is 94.9 cm³/mol. The summed E-state index contributed by atoms with van der Waals surface area (Å²) in [6, 6.07) is 3.54. The van der Waals surface area contributed by atoms with Crippen LogP contribution in [0.15, 0.2) is 21.9 Å². The van der Waals surface area contributed by atoms with Crippen molar-refractivity contribution >= 4 is 23.5 Å². The molecule has 1 aromatic rings. The van der Waals surface area contributed by atoms with E-state index in [0.717, 1.165) is 9.79 Å². The van der Waals surface area contributed by atoms with Crippen molar-refractivity contribution in [2.75, 3.05) is 0 Å². The number of phenolic OH excluding ortho intramolecular Hbond substituents is 2. The minimum atomic E-state index is 0.329. The standard InChI is InChI=1S/C18H24O2S2/c19-15-12-18(22-14-9-5-2-6-10-14)16(20)11-17(15)21-13-7-3-1-4-8-13/h1,11-14H,2-10H2,(H-,19,20)/p+1. The van der Waals surface area contributed by atoms with Crippen molar-refractivity contribution in [3.05, 3.63) is 18.6 Å². The van der Waals surface area contributed by atoms with E-state index in [1.807, 2.05) is 0 Å². The Bertz CT molecular complexity index is 446. The van der Waals surface area contributed by atoms with E-state index in [1.165, 1.54) is 57.8 Å². The third kappa shape index (κ3) is 4.23. The number of benzene rings is 1. The van der Waals surface area contributed by atoms with Crippen LogP contribution in [-0.2, 0) is 0 Å². The molecule has 0 spiro atoms. The van der Waals surface area contributed by atoms with Gasteiger partial charge in [0.05, 0.1) is 29.1 Å². The van der Waals surface area contributed by atoms with E-state index in [1.54, 1.807) is 35.7 Å². The zero-order valence-corrected chi connectivity index (χ0v) is 14.6. The second-order valence-electron chi connectivity index (χ2n) is 6.35. The number of thioether (sulfide) groups is 2. The molecule has 0 saturated heterocycles. The van der Waals surface area contributed by atoms with Gasteiger partial charge in [-0.2, -0.15) is 0 Å². The molecule has 0 amide bonds. The first-order valence-electron chi connectivity index (χ1n) is 8.43. The Morgan fingerprint density at radius 1 is 0.773 bits per heavy atom. The summed E-state index contributed by atoms with van der Waals surface area (Å²) >= 11 is 3.46. The minimum absolute atomic E-state index is 0.329. The fourth-order valence-electron chi connectivity index (χ4n) is 3.28. The number of hydrogen-bond donors (Lipinski definition) is 2. The van der Waals surface area contributed by atoms with E-state index in [2.05, 4.69) is 6.42 Å². The highest BCUT2D eigenvalue weighted by molar-refractivity contribution is 8.00. The Kier molecular flexibility index (Phi) is 5.75. The zero-order valence-electron chi connectivity index (χ0n) is 13.0. The average Bonchev–Trinajstić information content (AvgIpc) is 2.54. The summed E-state index contributed by atoms with van der Waals surface area (Å²) in [5.74, 6) is 0.661. The average molecular weight is 338 g/mol. The molecule has 2 N–H and O–H groups in total. The van der Waals surface area contributed by atoms with E-state index in [0.29, 0.717) is 22.0 Å². The second kappa shape index (κ2) is 7.78. The molecule has 22 heavy (non-hydrogen) atoms. The highest BCUT2D eigenvalue weighted by Crippen LogP contribution is 2.45. The van der Waals surface area contributed by atoms with Crippen LogP contribution >= 0.6 is 23.5 Å². The lowest BCUT2D eigenvalue weighted by molar-refractivity contribution is 0.437. The van der Waals surface area contributed by atoms with Crippen molar-refractivity contribution in [1.29, 1.82) is 0 Å². The summed E-state index contributed by atoms with van der Waals surface area (Å²) in [5, 5.41) is 21.8. The van der Waals surface area contributed by atoms with Gasteiger partial charge in [0, 0.05) is 10.5 Å². The van der Waals surface area contributed by atoms with Crippen LogP contribution in [0.1, 0.15) is 57.8 Å². The molecule has 0 atom stereocenters. The van der Waals surface area contributed by atoms with Crippen molar-refractivity contribution in [2.24, 2.45) is 0 Å². The van der Waals surface area contributed by atoms with E-state index < -0.39 is 0 Å². The number of rotatable bonds is 4. The lowest BCUT2D eigenvalue weighted by atomic mass is 10.0. The molecule has 0 radical (unpaired) electrons. The summed E-state index contributed by atoms with van der Waals surface area (Å²) in [5.41, 5.74) is 0. The molecular weight excluding hydrogens is 312 g/mol. The molecule has 2 aliphatic carbocycles. The lowest BCUT2D eigenvalue weighted by Gasteiger charge is -2.22. The molecule has 3 rings (SSSR count). The van der Waals surface area contributed by atoms with Gasteiger partial charge >= 0.3 is 0 Å². The molecule has 4 heteroatoms. The lowest BCUT2D eigenvalue weighted by Crippen LogP contribution is -2.08. The van der Waals surface area contributed by atoms with Crippen LogP contribution in [0.4, 0.5) is 0 Å². The van der Waals surface area contributed by atoms with Crippen molar-refractivity contribution in [2.45, 2.75) is 78.1 Å². The van der Waals surface area contributed by atoms with Gasteiger partial charge in [0.2, 0.25) is 0 Å². The van der Waals surface area contributed by atoms with Crippen LogP contribution < -0.4 is 0 Å². The second-order valence-corrected chi connectivity index (χ2v) is 9.03. The van der Waals surface area contributed by atoms with E-state index in [9.17, 15) is 10.2 Å². The summed E-state index contributed by atoms with van der Waals surface area (Å²) < 4.78 is 0. The maximum Gasteiger partial charge on any atom is 0.130 e. The molecule has 2 saturated carbocycles. The summed E-state index contributed by atoms with van der Waals surface area (Å²) in [4.78, 5) is 1.67. The Balaban J connectivity index is 1.67. The molecule has 0 bridgehead atoms. The van der Waals surface area contributed by atoms with E-state index >= 15 is 0 Å². The Morgan fingerprint density at radius 2 is 1.27 bits per heavy atom. The first-order valence-corrected chi connectivity index (χ1v) is 10.2. The van der Waals surface area contributed by atoms with Crippen LogP contribution in [0.2, 0.25) is 0 Å². The molecule has 2 aliphatic rings. The molecule has 0 aromatic heterocycles. The largest absolute Gasteiger partial charge is 0.507 e. The van der Waals surface area contributed by atoms with Gasteiger partial charge < -0.3 is 10.2 Å². The molecule has 120 valence electrons. The van der Waals surface area contributed by atoms with Gasteiger partial charge in [0.25, 0.3) is 0 Å². The minimum Gasteiger partial charge on any atom is -0.507 e. The fourth-order valence-corrected chi connectivity index (χ4v) is 5.80. The van der Waals surface area contributed by atoms with E-state index in [-0.39, 0.29) is 0 Å². The SMILES string of the molecule is Oc1cc(SC2CCCCC2)c(O)cc1SC1CC[CH+]CC1. The van der Waals surface area contributed by atoms with Crippen LogP contribution in [-0.4, -0.2) is 20.7 Å². The van der Waals surface area contributed by atoms with Gasteiger partial charge in [0.1, 0.15) is 11.5 Å². The molecule has 0 unspecified atom stereocenters. The summed E-state index contributed by atoms with van der Waals surface area (Å²) in [7, 11) is 0. The Morgan fingerprint density at radius 3 is 1.82 bits per heavy atom. The summed E-state index contributed by atoms with van der Waals surface area (Å²) in [6.07, 6.45) is 13.4. The maximum absolute atomic E-state index is 10.3. The van der Waals surface area contributed by atoms with Gasteiger partial charge in [0.15, 0.2) is 0 Å². The molecule has 2 fully saturated rings. The molecule has 1 aromatic carbocycles. The highest BCUT2D eigenvalue weighted by Gasteiger charge is 2.22. The van der Waals surface area contributed by atoms with Crippen LogP contribution in [0, 0.1) is 6.42 Å². The van der Waals surface area contributed by atoms with Crippen molar-refractivity contribution in [3.63, 3.8) is 0 Å². The van der Waals surface area contributed by atoms with Crippen LogP contribution in [0.5, 0.6) is 11.5 Å². The molecule has 0 aliphatic heterocycles. The number of aromatic hydroxyl groups is 2.